The summed E-state index contributed by atoms with van der Waals surface area (Å²) < 4.78 is 2.34. The molecule has 0 saturated heterocycles. The first-order valence-electron chi connectivity index (χ1n) is 4.27. The molecular weight excluding hydrogens is 164 g/mol. The third-order valence-corrected chi connectivity index (χ3v) is 4.11. The lowest BCUT2D eigenvalue weighted by Gasteiger charge is -2.35. The number of rotatable bonds is 3. The molecule has 0 saturated carbocycles. The van der Waals surface area contributed by atoms with Crippen LogP contribution >= 0.6 is 0 Å². The van der Waals surface area contributed by atoms with Gasteiger partial charge in [0.2, 0.25) is 0 Å². The Bertz CT molecular complexity index is 208. The standard InChI is InChI=1S/C9H18N2Si/c1-6-11(12(3,4)5)9(2)7-8-10/h7H,6H2,1-5H3. The molecule has 0 aliphatic rings. The van der Waals surface area contributed by atoms with Crippen molar-refractivity contribution >= 4 is 8.24 Å². The lowest BCUT2D eigenvalue weighted by molar-refractivity contribution is 0.547. The van der Waals surface area contributed by atoms with Crippen LogP contribution in [-0.4, -0.2) is 19.3 Å². The second-order valence-corrected chi connectivity index (χ2v) is 8.71. The fourth-order valence-corrected chi connectivity index (χ4v) is 3.50. The van der Waals surface area contributed by atoms with Crippen LogP contribution in [0.4, 0.5) is 0 Å². The highest BCUT2D eigenvalue weighted by Crippen LogP contribution is 2.15. The molecular formula is C9H18N2Si. The smallest absolute Gasteiger partial charge is 0.147 e. The molecule has 0 aromatic carbocycles. The predicted octanol–water partition coefficient (Wildman–Crippen LogP) is 2.57. The largest absolute Gasteiger partial charge is 0.401 e. The van der Waals surface area contributed by atoms with Gasteiger partial charge in [0, 0.05) is 18.3 Å². The van der Waals surface area contributed by atoms with Gasteiger partial charge in [0.15, 0.2) is 0 Å². The van der Waals surface area contributed by atoms with E-state index in [-0.39, 0.29) is 0 Å². The Balaban J connectivity index is 4.60. The summed E-state index contributed by atoms with van der Waals surface area (Å²) in [5.41, 5.74) is 1.10. The van der Waals surface area contributed by atoms with E-state index >= 15 is 0 Å². The van der Waals surface area contributed by atoms with E-state index in [0.29, 0.717) is 0 Å². The highest BCUT2D eigenvalue weighted by Gasteiger charge is 2.22. The SMILES string of the molecule is CCN(C(C)=CC#N)[Si](C)(C)C. The molecule has 12 heavy (non-hydrogen) atoms. The molecule has 68 valence electrons. The van der Waals surface area contributed by atoms with Gasteiger partial charge < -0.3 is 4.57 Å². The molecule has 0 aliphatic carbocycles. The third kappa shape index (κ3) is 3.10. The maximum absolute atomic E-state index is 8.51. The molecule has 2 nitrogen and oxygen atoms in total. The van der Waals surface area contributed by atoms with E-state index in [0.717, 1.165) is 12.2 Å². The van der Waals surface area contributed by atoms with Crippen LogP contribution in [-0.2, 0) is 0 Å². The molecule has 0 bridgehead atoms. The Labute approximate surface area is 76.6 Å². The zero-order chi connectivity index (χ0) is 9.78. The summed E-state index contributed by atoms with van der Waals surface area (Å²) in [6.07, 6.45) is 1.63. The van der Waals surface area contributed by atoms with Crippen molar-refractivity contribution in [3.8, 4) is 6.07 Å². The van der Waals surface area contributed by atoms with Crippen molar-refractivity contribution in [2.75, 3.05) is 6.54 Å². The lowest BCUT2D eigenvalue weighted by atomic mass is 10.4. The van der Waals surface area contributed by atoms with Gasteiger partial charge >= 0.3 is 0 Å². The van der Waals surface area contributed by atoms with Gasteiger partial charge in [-0.3, -0.25) is 0 Å². The van der Waals surface area contributed by atoms with Crippen molar-refractivity contribution in [2.45, 2.75) is 33.5 Å². The summed E-state index contributed by atoms with van der Waals surface area (Å²) in [6.45, 7) is 12.0. The van der Waals surface area contributed by atoms with E-state index in [1.807, 2.05) is 6.92 Å². The molecule has 0 heterocycles. The first-order valence-corrected chi connectivity index (χ1v) is 7.72. The molecule has 0 amide bonds. The molecule has 3 heteroatoms. The van der Waals surface area contributed by atoms with Gasteiger partial charge in [-0.25, -0.2) is 0 Å². The number of nitriles is 1. The fraction of sp³-hybridized carbons (Fsp3) is 0.667. The minimum absolute atomic E-state index is 1.000. The molecule has 0 unspecified atom stereocenters. The van der Waals surface area contributed by atoms with E-state index in [4.69, 9.17) is 5.26 Å². The minimum Gasteiger partial charge on any atom is -0.401 e. The van der Waals surface area contributed by atoms with Gasteiger partial charge in [0.05, 0.1) is 6.07 Å². The second-order valence-electron chi connectivity index (χ2n) is 3.83. The first kappa shape index (κ1) is 11.2. The van der Waals surface area contributed by atoms with Crippen molar-refractivity contribution in [2.24, 2.45) is 0 Å². The second kappa shape index (κ2) is 4.32. The van der Waals surface area contributed by atoms with Gasteiger partial charge in [0.25, 0.3) is 0 Å². The Morgan fingerprint density at radius 3 is 2.25 bits per heavy atom. The molecule has 0 aromatic rings. The van der Waals surface area contributed by atoms with Crippen LogP contribution in [0.3, 0.4) is 0 Å². The molecule has 0 atom stereocenters. The van der Waals surface area contributed by atoms with Crippen molar-refractivity contribution in [1.82, 2.24) is 4.57 Å². The molecule has 0 spiro atoms. The van der Waals surface area contributed by atoms with Gasteiger partial charge in [0.1, 0.15) is 8.24 Å². The summed E-state index contributed by atoms with van der Waals surface area (Å²) in [4.78, 5) is 0. The van der Waals surface area contributed by atoms with Crippen molar-refractivity contribution < 1.29 is 0 Å². The maximum atomic E-state index is 8.51. The number of hydrogen-bond donors (Lipinski definition) is 0. The van der Waals surface area contributed by atoms with Crippen LogP contribution in [0.5, 0.6) is 0 Å². The zero-order valence-corrected chi connectivity index (χ0v) is 9.68. The fourth-order valence-electron chi connectivity index (χ4n) is 1.42. The van der Waals surface area contributed by atoms with Gasteiger partial charge in [-0.05, 0) is 13.8 Å². The molecule has 0 rings (SSSR count). The van der Waals surface area contributed by atoms with E-state index in [2.05, 4.69) is 37.2 Å². The van der Waals surface area contributed by atoms with Crippen LogP contribution in [0.15, 0.2) is 11.8 Å². The van der Waals surface area contributed by atoms with Crippen LogP contribution in [0.25, 0.3) is 0 Å². The zero-order valence-electron chi connectivity index (χ0n) is 8.68. The van der Waals surface area contributed by atoms with Crippen molar-refractivity contribution in [3.63, 3.8) is 0 Å². The van der Waals surface area contributed by atoms with E-state index < -0.39 is 8.24 Å². The molecule has 0 aromatic heterocycles. The number of allylic oxidation sites excluding steroid dienone is 2. The summed E-state index contributed by atoms with van der Waals surface area (Å²) in [6, 6.07) is 2.07. The summed E-state index contributed by atoms with van der Waals surface area (Å²) >= 11 is 0. The van der Waals surface area contributed by atoms with Crippen LogP contribution in [0.1, 0.15) is 13.8 Å². The molecule has 0 radical (unpaired) electrons. The Hall–Kier alpha value is -0.753. The number of hydrogen-bond acceptors (Lipinski definition) is 2. The average molecular weight is 182 g/mol. The first-order chi connectivity index (χ1) is 5.43. The Morgan fingerprint density at radius 2 is 2.00 bits per heavy atom. The van der Waals surface area contributed by atoms with Gasteiger partial charge in [-0.15, -0.1) is 0 Å². The molecule has 0 fully saturated rings. The average Bonchev–Trinajstić information content (AvgIpc) is 1.85. The Morgan fingerprint density at radius 1 is 1.50 bits per heavy atom. The number of nitrogens with zero attached hydrogens (tertiary/aromatic N) is 2. The molecule has 0 aliphatic heterocycles. The van der Waals surface area contributed by atoms with Crippen molar-refractivity contribution in [3.05, 3.63) is 11.8 Å². The van der Waals surface area contributed by atoms with E-state index in [9.17, 15) is 0 Å². The van der Waals surface area contributed by atoms with Crippen LogP contribution in [0, 0.1) is 11.3 Å². The highest BCUT2D eigenvalue weighted by molar-refractivity contribution is 6.73. The summed E-state index contributed by atoms with van der Waals surface area (Å²) in [5, 5.41) is 8.51. The highest BCUT2D eigenvalue weighted by atomic mass is 28.3. The van der Waals surface area contributed by atoms with E-state index in [1.165, 1.54) is 0 Å². The van der Waals surface area contributed by atoms with Gasteiger partial charge in [-0.1, -0.05) is 19.6 Å². The van der Waals surface area contributed by atoms with Gasteiger partial charge in [-0.2, -0.15) is 5.26 Å². The quantitative estimate of drug-likeness (QED) is 0.495. The summed E-state index contributed by atoms with van der Waals surface area (Å²) in [5.74, 6) is 0. The van der Waals surface area contributed by atoms with Crippen LogP contribution in [0.2, 0.25) is 19.6 Å². The van der Waals surface area contributed by atoms with Crippen molar-refractivity contribution in [1.29, 1.82) is 5.26 Å². The monoisotopic (exact) mass is 182 g/mol. The minimum atomic E-state index is -1.27. The summed E-state index contributed by atoms with van der Waals surface area (Å²) in [7, 11) is -1.27. The van der Waals surface area contributed by atoms with Crippen LogP contribution < -0.4 is 0 Å². The Kier molecular flexibility index (Phi) is 4.05. The lowest BCUT2D eigenvalue weighted by Crippen LogP contribution is -2.44. The maximum Gasteiger partial charge on any atom is 0.147 e. The van der Waals surface area contributed by atoms with E-state index in [1.54, 1.807) is 6.08 Å². The topological polar surface area (TPSA) is 27.0 Å². The normalized spacial score (nSPS) is 12.5. The third-order valence-electron chi connectivity index (χ3n) is 1.83. The molecule has 0 N–H and O–H groups in total. The predicted molar refractivity (Wildman–Crippen MR) is 55.1 cm³/mol.